The molecule has 0 saturated heterocycles. The minimum atomic E-state index is -5.02. The SMILES string of the molecule is CCCCCCCCC/C=C/CCCOC(=O)c1cccc(S(=O)(=O)[O-])c1C(=O)OCCC/C=C/CCCCCCCCC.[Na+]. The number of benzene rings is 1. The third-order valence-corrected chi connectivity index (χ3v) is 8.38. The molecule has 45 heavy (non-hydrogen) atoms. The molecule has 0 radical (unpaired) electrons. The molecule has 1 rings (SSSR count). The Bertz CT molecular complexity index is 1080. The van der Waals surface area contributed by atoms with E-state index in [0.717, 1.165) is 31.7 Å². The van der Waals surface area contributed by atoms with Gasteiger partial charge in [0.05, 0.1) is 29.2 Å². The van der Waals surface area contributed by atoms with Crippen LogP contribution in [0, 0.1) is 0 Å². The smallest absolute Gasteiger partial charge is 0.744 e. The third-order valence-electron chi connectivity index (χ3n) is 7.50. The summed E-state index contributed by atoms with van der Waals surface area (Å²) in [6.07, 6.45) is 30.8. The normalized spacial score (nSPS) is 11.6. The van der Waals surface area contributed by atoms with Crippen molar-refractivity contribution in [2.45, 2.75) is 147 Å². The topological polar surface area (TPSA) is 110 Å². The van der Waals surface area contributed by atoms with E-state index >= 15 is 0 Å². The van der Waals surface area contributed by atoms with Crippen LogP contribution in [0.1, 0.15) is 163 Å². The van der Waals surface area contributed by atoms with E-state index in [-0.39, 0.29) is 48.3 Å². The maximum absolute atomic E-state index is 12.9. The van der Waals surface area contributed by atoms with Gasteiger partial charge in [-0.25, -0.2) is 18.0 Å². The molecule has 0 saturated carbocycles. The second kappa shape index (κ2) is 28.7. The van der Waals surface area contributed by atoms with Crippen molar-refractivity contribution in [3.8, 4) is 0 Å². The fourth-order valence-electron chi connectivity index (χ4n) is 4.91. The molecular weight excluding hydrogens is 599 g/mol. The van der Waals surface area contributed by atoms with Gasteiger partial charge in [0.25, 0.3) is 0 Å². The summed E-state index contributed by atoms with van der Waals surface area (Å²) < 4.78 is 46.2. The van der Waals surface area contributed by atoms with Crippen LogP contribution in [0.2, 0.25) is 0 Å². The number of carbonyl (C=O) groups is 2. The van der Waals surface area contributed by atoms with Gasteiger partial charge in [0, 0.05) is 0 Å². The van der Waals surface area contributed by atoms with E-state index < -0.39 is 32.5 Å². The summed E-state index contributed by atoms with van der Waals surface area (Å²) >= 11 is 0. The largest absolute Gasteiger partial charge is 1.00 e. The van der Waals surface area contributed by atoms with Gasteiger partial charge >= 0.3 is 41.5 Å². The van der Waals surface area contributed by atoms with Crippen molar-refractivity contribution in [3.05, 3.63) is 53.6 Å². The Morgan fingerprint density at radius 2 is 1.02 bits per heavy atom. The predicted molar refractivity (Wildman–Crippen MR) is 177 cm³/mol. The summed E-state index contributed by atoms with van der Waals surface area (Å²) in [5, 5.41) is 0. The fourth-order valence-corrected chi connectivity index (χ4v) is 5.60. The number of ether oxygens (including phenoxy) is 2. The quantitative estimate of drug-likeness (QED) is 0.0335. The monoisotopic (exact) mass is 656 g/mol. The Morgan fingerprint density at radius 1 is 0.622 bits per heavy atom. The molecule has 250 valence electrons. The van der Waals surface area contributed by atoms with E-state index in [1.54, 1.807) is 0 Å². The number of rotatable bonds is 27. The number of carbonyl (C=O) groups excluding carboxylic acids is 2. The average Bonchev–Trinajstić information content (AvgIpc) is 3.00. The first kappa shape index (κ1) is 43.5. The second-order valence-electron chi connectivity index (χ2n) is 11.5. The van der Waals surface area contributed by atoms with Crippen LogP contribution in [0.5, 0.6) is 0 Å². The van der Waals surface area contributed by atoms with Gasteiger partial charge in [0.15, 0.2) is 0 Å². The van der Waals surface area contributed by atoms with E-state index in [1.807, 2.05) is 0 Å². The molecule has 9 heteroatoms. The molecule has 0 heterocycles. The summed E-state index contributed by atoms with van der Waals surface area (Å²) in [5.74, 6) is -1.88. The average molecular weight is 657 g/mol. The van der Waals surface area contributed by atoms with E-state index in [1.165, 1.54) is 95.6 Å². The Kier molecular flexibility index (Phi) is 27.8. The van der Waals surface area contributed by atoms with Crippen LogP contribution < -0.4 is 29.6 Å². The second-order valence-corrected chi connectivity index (χ2v) is 12.8. The van der Waals surface area contributed by atoms with Crippen LogP contribution in [0.15, 0.2) is 47.4 Å². The number of hydrogen-bond acceptors (Lipinski definition) is 7. The maximum Gasteiger partial charge on any atom is 1.00 e. The van der Waals surface area contributed by atoms with Crippen LogP contribution in [0.4, 0.5) is 0 Å². The van der Waals surface area contributed by atoms with E-state index in [2.05, 4.69) is 38.2 Å². The van der Waals surface area contributed by atoms with Gasteiger partial charge in [-0.05, 0) is 63.5 Å². The first-order valence-corrected chi connectivity index (χ1v) is 18.5. The first-order valence-electron chi connectivity index (χ1n) is 17.1. The molecule has 0 amide bonds. The number of esters is 2. The molecule has 0 aromatic heterocycles. The van der Waals surface area contributed by atoms with Crippen LogP contribution in [0.25, 0.3) is 0 Å². The fraction of sp³-hybridized carbons (Fsp3) is 0.667. The zero-order chi connectivity index (χ0) is 32.3. The van der Waals surface area contributed by atoms with Crippen molar-refractivity contribution in [1.29, 1.82) is 0 Å². The molecule has 0 spiro atoms. The molecule has 0 N–H and O–H groups in total. The molecule has 0 aliphatic heterocycles. The number of hydrogen-bond donors (Lipinski definition) is 0. The van der Waals surface area contributed by atoms with Crippen molar-refractivity contribution in [2.24, 2.45) is 0 Å². The Morgan fingerprint density at radius 3 is 1.47 bits per heavy atom. The number of unbranched alkanes of at least 4 members (excludes halogenated alkanes) is 16. The minimum Gasteiger partial charge on any atom is -0.744 e. The van der Waals surface area contributed by atoms with Gasteiger partial charge < -0.3 is 14.0 Å². The standard InChI is InChI=1S/C36H58O7S.Na/c1-3-5-7-9-11-13-15-17-19-21-23-25-30-42-35(37)32-28-27-29-33(44(39,40)41)34(32)36(38)43-31-26-24-22-20-18-16-14-12-10-8-6-4-2;/h19-22,27-29H,3-18,23-26,30-31H2,1-2H3,(H,39,40,41);/q;+1/p-1/b21-19+,22-20+;. The summed E-state index contributed by atoms with van der Waals surface area (Å²) in [7, 11) is -5.02. The van der Waals surface area contributed by atoms with E-state index in [4.69, 9.17) is 9.47 Å². The van der Waals surface area contributed by atoms with Crippen molar-refractivity contribution in [3.63, 3.8) is 0 Å². The zero-order valence-electron chi connectivity index (χ0n) is 28.4. The van der Waals surface area contributed by atoms with Gasteiger partial charge in [0.2, 0.25) is 0 Å². The van der Waals surface area contributed by atoms with Crippen molar-refractivity contribution in [2.75, 3.05) is 13.2 Å². The van der Waals surface area contributed by atoms with Gasteiger partial charge in [-0.3, -0.25) is 0 Å². The van der Waals surface area contributed by atoms with Gasteiger partial charge in [-0.2, -0.15) is 0 Å². The molecule has 0 atom stereocenters. The van der Waals surface area contributed by atoms with Crippen molar-refractivity contribution in [1.82, 2.24) is 0 Å². The number of allylic oxidation sites excluding steroid dienone is 4. The molecule has 1 aromatic carbocycles. The maximum atomic E-state index is 12.9. The third kappa shape index (κ3) is 21.9. The molecule has 1 aromatic rings. The van der Waals surface area contributed by atoms with E-state index in [9.17, 15) is 22.6 Å². The van der Waals surface area contributed by atoms with Gasteiger partial charge in [-0.15, -0.1) is 0 Å². The Balaban J connectivity index is 0.0000194. The molecular formula is C36H57NaO7S. The molecule has 0 aliphatic rings. The van der Waals surface area contributed by atoms with Crippen LogP contribution in [0.3, 0.4) is 0 Å². The summed E-state index contributed by atoms with van der Waals surface area (Å²) in [6.45, 7) is 4.58. The Hall–Kier alpha value is -1.45. The van der Waals surface area contributed by atoms with Crippen LogP contribution in [-0.4, -0.2) is 38.1 Å². The van der Waals surface area contributed by atoms with Crippen molar-refractivity contribution >= 4 is 22.1 Å². The minimum absolute atomic E-state index is 0. The Labute approximate surface area is 296 Å². The predicted octanol–water partition coefficient (Wildman–Crippen LogP) is 6.86. The van der Waals surface area contributed by atoms with E-state index in [0.29, 0.717) is 19.3 Å². The molecule has 0 aliphatic carbocycles. The summed E-state index contributed by atoms with van der Waals surface area (Å²) in [6, 6.07) is 3.54. The molecule has 0 unspecified atom stereocenters. The summed E-state index contributed by atoms with van der Waals surface area (Å²) in [5.41, 5.74) is -0.840. The molecule has 0 bridgehead atoms. The van der Waals surface area contributed by atoms with Gasteiger partial charge in [0.1, 0.15) is 10.1 Å². The van der Waals surface area contributed by atoms with Crippen molar-refractivity contribution < 1.29 is 61.6 Å². The first-order chi connectivity index (χ1) is 21.3. The molecule has 0 fully saturated rings. The zero-order valence-corrected chi connectivity index (χ0v) is 31.2. The van der Waals surface area contributed by atoms with Crippen LogP contribution >= 0.6 is 0 Å². The van der Waals surface area contributed by atoms with Gasteiger partial charge in [-0.1, -0.05) is 121 Å². The summed E-state index contributed by atoms with van der Waals surface area (Å²) in [4.78, 5) is 24.9. The molecule has 7 nitrogen and oxygen atoms in total. The van der Waals surface area contributed by atoms with Crippen LogP contribution in [-0.2, 0) is 19.6 Å².